The molecule has 2 aromatic rings. The van der Waals surface area contributed by atoms with Crippen molar-refractivity contribution in [2.75, 3.05) is 23.9 Å². The second-order valence-electron chi connectivity index (χ2n) is 5.40. The standard InChI is InChI=1S/C19H22N2O3/c1-4-15-5-7-16(8-6-15)20-19(23)13-21(14(2)22)17-9-11-18(24-3)12-10-17/h5-12H,4,13H2,1-3H3,(H,20,23). The topological polar surface area (TPSA) is 58.6 Å². The molecule has 0 heterocycles. The van der Waals surface area contributed by atoms with Crippen LogP contribution in [0.2, 0.25) is 0 Å². The molecule has 0 radical (unpaired) electrons. The van der Waals surface area contributed by atoms with Crippen molar-refractivity contribution in [1.29, 1.82) is 0 Å². The number of amides is 2. The first-order valence-corrected chi connectivity index (χ1v) is 7.84. The van der Waals surface area contributed by atoms with Crippen molar-refractivity contribution in [3.05, 3.63) is 54.1 Å². The van der Waals surface area contributed by atoms with E-state index >= 15 is 0 Å². The van der Waals surface area contributed by atoms with Gasteiger partial charge in [0.1, 0.15) is 12.3 Å². The molecule has 0 aromatic heterocycles. The molecule has 0 bridgehead atoms. The molecule has 0 aliphatic carbocycles. The van der Waals surface area contributed by atoms with E-state index in [1.54, 1.807) is 31.4 Å². The lowest BCUT2D eigenvalue weighted by molar-refractivity contribution is -0.120. The van der Waals surface area contributed by atoms with Crippen LogP contribution < -0.4 is 15.0 Å². The van der Waals surface area contributed by atoms with Crippen molar-refractivity contribution in [2.24, 2.45) is 0 Å². The number of hydrogen-bond donors (Lipinski definition) is 1. The van der Waals surface area contributed by atoms with Crippen LogP contribution in [0.1, 0.15) is 19.4 Å². The summed E-state index contributed by atoms with van der Waals surface area (Å²) in [5.41, 5.74) is 2.58. The Morgan fingerprint density at radius 1 is 1.04 bits per heavy atom. The number of methoxy groups -OCH3 is 1. The molecular formula is C19H22N2O3. The van der Waals surface area contributed by atoms with E-state index < -0.39 is 0 Å². The molecule has 2 rings (SSSR count). The summed E-state index contributed by atoms with van der Waals surface area (Å²) in [5.74, 6) is 0.254. The Hall–Kier alpha value is -2.82. The highest BCUT2D eigenvalue weighted by Gasteiger charge is 2.16. The minimum atomic E-state index is -0.245. The number of aryl methyl sites for hydroxylation is 1. The van der Waals surface area contributed by atoms with Crippen molar-refractivity contribution in [2.45, 2.75) is 20.3 Å². The molecule has 0 atom stereocenters. The molecule has 5 heteroatoms. The Bertz CT molecular complexity index is 694. The van der Waals surface area contributed by atoms with Gasteiger partial charge in [-0.2, -0.15) is 0 Å². The third-order valence-electron chi connectivity index (χ3n) is 3.71. The third-order valence-corrected chi connectivity index (χ3v) is 3.71. The molecule has 126 valence electrons. The van der Waals surface area contributed by atoms with Gasteiger partial charge in [0, 0.05) is 18.3 Å². The van der Waals surface area contributed by atoms with Gasteiger partial charge < -0.3 is 15.0 Å². The molecule has 24 heavy (non-hydrogen) atoms. The summed E-state index contributed by atoms with van der Waals surface area (Å²) in [7, 11) is 1.58. The highest BCUT2D eigenvalue weighted by molar-refractivity contribution is 6.01. The Balaban J connectivity index is 2.05. The fourth-order valence-corrected chi connectivity index (χ4v) is 2.31. The van der Waals surface area contributed by atoms with Gasteiger partial charge in [0.15, 0.2) is 0 Å². The first-order valence-electron chi connectivity index (χ1n) is 7.84. The van der Waals surface area contributed by atoms with Crippen LogP contribution in [-0.2, 0) is 16.0 Å². The van der Waals surface area contributed by atoms with Gasteiger partial charge in [-0.05, 0) is 48.4 Å². The van der Waals surface area contributed by atoms with E-state index in [-0.39, 0.29) is 18.4 Å². The second kappa shape index (κ2) is 8.15. The van der Waals surface area contributed by atoms with Crippen LogP contribution in [0.4, 0.5) is 11.4 Å². The van der Waals surface area contributed by atoms with Gasteiger partial charge in [0.2, 0.25) is 11.8 Å². The van der Waals surface area contributed by atoms with Crippen molar-refractivity contribution in [1.82, 2.24) is 0 Å². The highest BCUT2D eigenvalue weighted by Crippen LogP contribution is 2.19. The summed E-state index contributed by atoms with van der Waals surface area (Å²) in [6.07, 6.45) is 0.948. The number of benzene rings is 2. The summed E-state index contributed by atoms with van der Waals surface area (Å²) in [6.45, 7) is 3.47. The maximum atomic E-state index is 12.2. The lowest BCUT2D eigenvalue weighted by Gasteiger charge is -2.21. The van der Waals surface area contributed by atoms with E-state index in [4.69, 9.17) is 4.74 Å². The zero-order valence-corrected chi connectivity index (χ0v) is 14.2. The fourth-order valence-electron chi connectivity index (χ4n) is 2.31. The lowest BCUT2D eigenvalue weighted by Crippen LogP contribution is -2.36. The van der Waals surface area contributed by atoms with Crippen LogP contribution in [0.25, 0.3) is 0 Å². The largest absolute Gasteiger partial charge is 0.497 e. The summed E-state index contributed by atoms with van der Waals surface area (Å²) in [5, 5.41) is 2.81. The average molecular weight is 326 g/mol. The van der Waals surface area contributed by atoms with Crippen LogP contribution in [0, 0.1) is 0 Å². The first kappa shape index (κ1) is 17.5. The Morgan fingerprint density at radius 2 is 1.67 bits per heavy atom. The van der Waals surface area contributed by atoms with Crippen molar-refractivity contribution in [3.63, 3.8) is 0 Å². The molecule has 0 saturated carbocycles. The van der Waals surface area contributed by atoms with E-state index in [1.165, 1.54) is 17.4 Å². The van der Waals surface area contributed by atoms with Gasteiger partial charge in [0.05, 0.1) is 7.11 Å². The SMILES string of the molecule is CCc1ccc(NC(=O)CN(C(C)=O)c2ccc(OC)cc2)cc1. The zero-order valence-electron chi connectivity index (χ0n) is 14.2. The molecule has 5 nitrogen and oxygen atoms in total. The summed E-state index contributed by atoms with van der Waals surface area (Å²) in [6, 6.07) is 14.7. The molecule has 0 spiro atoms. The minimum Gasteiger partial charge on any atom is -0.497 e. The number of ether oxygens (including phenoxy) is 1. The molecular weight excluding hydrogens is 304 g/mol. The Labute approximate surface area is 142 Å². The zero-order chi connectivity index (χ0) is 17.5. The van der Waals surface area contributed by atoms with Gasteiger partial charge in [-0.3, -0.25) is 9.59 Å². The van der Waals surface area contributed by atoms with Gasteiger partial charge in [-0.15, -0.1) is 0 Å². The number of anilines is 2. The summed E-state index contributed by atoms with van der Waals surface area (Å²) < 4.78 is 5.11. The smallest absolute Gasteiger partial charge is 0.244 e. The van der Waals surface area contributed by atoms with Gasteiger partial charge in [0.25, 0.3) is 0 Å². The van der Waals surface area contributed by atoms with Crippen LogP contribution in [0.3, 0.4) is 0 Å². The van der Waals surface area contributed by atoms with Crippen LogP contribution in [0.5, 0.6) is 5.75 Å². The first-order chi connectivity index (χ1) is 11.5. The predicted octanol–water partition coefficient (Wildman–Crippen LogP) is 3.25. The molecule has 2 aromatic carbocycles. The van der Waals surface area contributed by atoms with Gasteiger partial charge in [-0.25, -0.2) is 0 Å². The van der Waals surface area contributed by atoms with E-state index in [9.17, 15) is 9.59 Å². The maximum absolute atomic E-state index is 12.2. The van der Waals surface area contributed by atoms with E-state index in [2.05, 4.69) is 12.2 Å². The quantitative estimate of drug-likeness (QED) is 0.886. The number of carbonyl (C=O) groups is 2. The van der Waals surface area contributed by atoms with Crippen molar-refractivity contribution >= 4 is 23.2 Å². The van der Waals surface area contributed by atoms with Crippen LogP contribution in [0.15, 0.2) is 48.5 Å². The molecule has 0 aliphatic heterocycles. The van der Waals surface area contributed by atoms with E-state index in [1.807, 2.05) is 24.3 Å². The average Bonchev–Trinajstić information content (AvgIpc) is 2.60. The number of nitrogens with one attached hydrogen (secondary N) is 1. The molecule has 0 unspecified atom stereocenters. The third kappa shape index (κ3) is 4.59. The van der Waals surface area contributed by atoms with Crippen LogP contribution >= 0.6 is 0 Å². The molecule has 0 aliphatic rings. The second-order valence-corrected chi connectivity index (χ2v) is 5.40. The van der Waals surface area contributed by atoms with Crippen molar-refractivity contribution < 1.29 is 14.3 Å². The fraction of sp³-hybridized carbons (Fsp3) is 0.263. The maximum Gasteiger partial charge on any atom is 0.244 e. The van der Waals surface area contributed by atoms with E-state index in [0.717, 1.165) is 12.1 Å². The van der Waals surface area contributed by atoms with Gasteiger partial charge >= 0.3 is 0 Å². The summed E-state index contributed by atoms with van der Waals surface area (Å²) in [4.78, 5) is 25.6. The van der Waals surface area contributed by atoms with Crippen molar-refractivity contribution in [3.8, 4) is 5.75 Å². The number of rotatable bonds is 6. The van der Waals surface area contributed by atoms with Gasteiger partial charge in [-0.1, -0.05) is 19.1 Å². The normalized spacial score (nSPS) is 10.1. The number of nitrogens with zero attached hydrogens (tertiary/aromatic N) is 1. The van der Waals surface area contributed by atoms with E-state index in [0.29, 0.717) is 11.4 Å². The summed E-state index contributed by atoms with van der Waals surface area (Å²) >= 11 is 0. The Morgan fingerprint density at radius 3 is 2.17 bits per heavy atom. The predicted molar refractivity (Wildman–Crippen MR) is 95.5 cm³/mol. The molecule has 2 amide bonds. The molecule has 0 saturated heterocycles. The Kier molecular flexibility index (Phi) is 5.95. The van der Waals surface area contributed by atoms with Crippen LogP contribution in [-0.4, -0.2) is 25.5 Å². The molecule has 1 N–H and O–H groups in total. The molecule has 0 fully saturated rings. The number of carbonyl (C=O) groups excluding carboxylic acids is 2. The highest BCUT2D eigenvalue weighted by atomic mass is 16.5. The monoisotopic (exact) mass is 326 g/mol. The number of hydrogen-bond acceptors (Lipinski definition) is 3. The minimum absolute atomic E-state index is 0.0445. The lowest BCUT2D eigenvalue weighted by atomic mass is 10.1.